The van der Waals surface area contributed by atoms with E-state index in [1.54, 1.807) is 18.6 Å². The molecule has 3 aromatic rings. The van der Waals surface area contributed by atoms with E-state index in [2.05, 4.69) is 20.5 Å². The molecule has 0 saturated carbocycles. The lowest BCUT2D eigenvalue weighted by atomic mass is 10.2. The predicted molar refractivity (Wildman–Crippen MR) is 86.8 cm³/mol. The maximum absolute atomic E-state index is 5.98. The van der Waals surface area contributed by atoms with E-state index >= 15 is 0 Å². The van der Waals surface area contributed by atoms with E-state index in [9.17, 15) is 0 Å². The molecule has 0 atom stereocenters. The van der Waals surface area contributed by atoms with E-state index < -0.39 is 0 Å². The van der Waals surface area contributed by atoms with Gasteiger partial charge in [0.2, 0.25) is 0 Å². The van der Waals surface area contributed by atoms with Crippen molar-refractivity contribution in [2.45, 2.75) is 6.92 Å². The number of fused-ring (bicyclic) bond motifs is 1. The van der Waals surface area contributed by atoms with E-state index in [1.165, 1.54) is 0 Å². The van der Waals surface area contributed by atoms with Gasteiger partial charge in [0.1, 0.15) is 0 Å². The van der Waals surface area contributed by atoms with Crippen molar-refractivity contribution in [1.29, 1.82) is 0 Å². The minimum Gasteiger partial charge on any atom is -0.277 e. The van der Waals surface area contributed by atoms with Gasteiger partial charge in [-0.2, -0.15) is 5.10 Å². The molecule has 0 unspecified atom stereocenters. The molecule has 4 nitrogen and oxygen atoms in total. The number of rotatable bonds is 3. The first-order valence-electron chi connectivity index (χ1n) is 6.49. The normalized spacial score (nSPS) is 11.6. The number of nitrogens with zero attached hydrogens (tertiary/aromatic N) is 3. The van der Waals surface area contributed by atoms with E-state index in [0.29, 0.717) is 5.02 Å². The summed E-state index contributed by atoms with van der Waals surface area (Å²) in [6.45, 7) is 1.95. The van der Waals surface area contributed by atoms with Gasteiger partial charge < -0.3 is 0 Å². The molecule has 0 aliphatic heterocycles. The quantitative estimate of drug-likeness (QED) is 0.584. The molecule has 0 saturated heterocycles. The molecule has 0 aliphatic carbocycles. The highest BCUT2D eigenvalue weighted by atomic mass is 35.5. The number of hydrogen-bond acceptors (Lipinski definition) is 4. The second-order valence-electron chi connectivity index (χ2n) is 4.56. The largest absolute Gasteiger partial charge is 0.277 e. The zero-order valence-corrected chi connectivity index (χ0v) is 12.2. The Bertz CT molecular complexity index is 800. The summed E-state index contributed by atoms with van der Waals surface area (Å²) in [7, 11) is 0. The zero-order chi connectivity index (χ0) is 14.7. The van der Waals surface area contributed by atoms with Gasteiger partial charge in [-0.1, -0.05) is 11.6 Å². The average Bonchev–Trinajstić information content (AvgIpc) is 2.53. The average molecular weight is 297 g/mol. The van der Waals surface area contributed by atoms with Crippen molar-refractivity contribution in [2.75, 3.05) is 5.43 Å². The summed E-state index contributed by atoms with van der Waals surface area (Å²) in [5.74, 6) is 0. The molecule has 0 amide bonds. The summed E-state index contributed by atoms with van der Waals surface area (Å²) < 4.78 is 0. The monoisotopic (exact) mass is 296 g/mol. The topological polar surface area (TPSA) is 50.2 Å². The van der Waals surface area contributed by atoms with Crippen LogP contribution in [0, 0.1) is 0 Å². The number of anilines is 1. The molecule has 0 aliphatic rings. The van der Waals surface area contributed by atoms with Crippen LogP contribution in [0.4, 0.5) is 5.69 Å². The van der Waals surface area contributed by atoms with Crippen LogP contribution in [0.1, 0.15) is 12.5 Å². The molecular weight excluding hydrogens is 284 g/mol. The molecular formula is C16H13ClN4. The van der Waals surface area contributed by atoms with Crippen LogP contribution < -0.4 is 5.43 Å². The van der Waals surface area contributed by atoms with Crippen LogP contribution in [-0.2, 0) is 0 Å². The lowest BCUT2D eigenvalue weighted by Gasteiger charge is -2.07. The number of hydrazone groups is 1. The Morgan fingerprint density at radius 3 is 2.71 bits per heavy atom. The summed E-state index contributed by atoms with van der Waals surface area (Å²) in [6.07, 6.45) is 5.23. The molecule has 1 N–H and O–H groups in total. The van der Waals surface area contributed by atoms with Crippen molar-refractivity contribution < 1.29 is 0 Å². The van der Waals surface area contributed by atoms with Gasteiger partial charge in [0.25, 0.3) is 0 Å². The van der Waals surface area contributed by atoms with Gasteiger partial charge in [-0.05, 0) is 43.3 Å². The van der Waals surface area contributed by atoms with E-state index in [-0.39, 0.29) is 0 Å². The second kappa shape index (κ2) is 5.89. The lowest BCUT2D eigenvalue weighted by molar-refractivity contribution is 1.29. The molecule has 0 radical (unpaired) electrons. The Hall–Kier alpha value is -2.46. The third-order valence-corrected chi connectivity index (χ3v) is 3.38. The van der Waals surface area contributed by atoms with Gasteiger partial charge in [-0.25, -0.2) is 0 Å². The molecule has 0 bridgehead atoms. The van der Waals surface area contributed by atoms with Crippen molar-refractivity contribution in [2.24, 2.45) is 5.10 Å². The standard InChI is InChI=1S/C16H13ClN4/c1-11(12-4-7-18-8-5-12)20-21-15-6-9-19-16-10-13(17)2-3-14(15)16/h2-10H,1H3,(H,19,21)/b20-11+. The molecule has 2 heterocycles. The molecule has 5 heteroatoms. The fourth-order valence-electron chi connectivity index (χ4n) is 2.02. The van der Waals surface area contributed by atoms with Crippen LogP contribution >= 0.6 is 11.6 Å². The molecule has 3 rings (SSSR count). The SMILES string of the molecule is C/C(=N\Nc1ccnc2cc(Cl)ccc12)c1ccncc1. The second-order valence-corrected chi connectivity index (χ2v) is 5.00. The molecule has 2 aromatic heterocycles. The number of aromatic nitrogens is 2. The lowest BCUT2D eigenvalue weighted by Crippen LogP contribution is -2.00. The smallest absolute Gasteiger partial charge is 0.0738 e. The maximum atomic E-state index is 5.98. The van der Waals surface area contributed by atoms with Crippen molar-refractivity contribution >= 4 is 33.9 Å². The van der Waals surface area contributed by atoms with Crippen LogP contribution in [0.25, 0.3) is 10.9 Å². The predicted octanol–water partition coefficient (Wildman–Crippen LogP) is 4.12. The van der Waals surface area contributed by atoms with Gasteiger partial charge in [-0.15, -0.1) is 0 Å². The highest BCUT2D eigenvalue weighted by molar-refractivity contribution is 6.31. The highest BCUT2D eigenvalue weighted by Gasteiger charge is 2.02. The molecule has 0 spiro atoms. The number of halogens is 1. The third-order valence-electron chi connectivity index (χ3n) is 3.15. The summed E-state index contributed by atoms with van der Waals surface area (Å²) in [5, 5.41) is 6.07. The first-order chi connectivity index (χ1) is 10.2. The van der Waals surface area contributed by atoms with Crippen molar-refractivity contribution in [3.8, 4) is 0 Å². The van der Waals surface area contributed by atoms with Crippen LogP contribution in [0.3, 0.4) is 0 Å². The molecule has 21 heavy (non-hydrogen) atoms. The number of pyridine rings is 2. The number of benzene rings is 1. The number of nitrogens with one attached hydrogen (secondary N) is 1. The van der Waals surface area contributed by atoms with Gasteiger partial charge in [-0.3, -0.25) is 15.4 Å². The first-order valence-corrected chi connectivity index (χ1v) is 6.87. The van der Waals surface area contributed by atoms with Crippen LogP contribution in [0.15, 0.2) is 60.1 Å². The molecule has 1 aromatic carbocycles. The minimum atomic E-state index is 0.670. The van der Waals surface area contributed by atoms with Crippen molar-refractivity contribution in [1.82, 2.24) is 9.97 Å². The van der Waals surface area contributed by atoms with Crippen LogP contribution in [0.2, 0.25) is 5.02 Å². The van der Waals surface area contributed by atoms with Gasteiger partial charge >= 0.3 is 0 Å². The fraction of sp³-hybridized carbons (Fsp3) is 0.0625. The van der Waals surface area contributed by atoms with Gasteiger partial charge in [0.15, 0.2) is 0 Å². The third kappa shape index (κ3) is 3.01. The van der Waals surface area contributed by atoms with Gasteiger partial charge in [0, 0.05) is 34.6 Å². The highest BCUT2D eigenvalue weighted by Crippen LogP contribution is 2.24. The fourth-order valence-corrected chi connectivity index (χ4v) is 2.19. The van der Waals surface area contributed by atoms with Crippen molar-refractivity contribution in [3.05, 3.63) is 65.6 Å². The van der Waals surface area contributed by atoms with Crippen LogP contribution in [-0.4, -0.2) is 15.7 Å². The van der Waals surface area contributed by atoms with E-state index in [1.807, 2.05) is 43.3 Å². The Kier molecular flexibility index (Phi) is 3.79. The van der Waals surface area contributed by atoms with Crippen LogP contribution in [0.5, 0.6) is 0 Å². The Labute approximate surface area is 127 Å². The Balaban J connectivity index is 1.92. The summed E-state index contributed by atoms with van der Waals surface area (Å²) in [4.78, 5) is 8.31. The molecule has 0 fully saturated rings. The zero-order valence-electron chi connectivity index (χ0n) is 11.4. The Morgan fingerprint density at radius 2 is 1.90 bits per heavy atom. The Morgan fingerprint density at radius 1 is 1.10 bits per heavy atom. The molecule has 104 valence electrons. The summed E-state index contributed by atoms with van der Waals surface area (Å²) in [6, 6.07) is 11.3. The summed E-state index contributed by atoms with van der Waals surface area (Å²) in [5.41, 5.74) is 6.73. The van der Waals surface area contributed by atoms with Crippen molar-refractivity contribution in [3.63, 3.8) is 0 Å². The first kappa shape index (κ1) is 13.5. The maximum Gasteiger partial charge on any atom is 0.0738 e. The summed E-state index contributed by atoms with van der Waals surface area (Å²) >= 11 is 5.98. The van der Waals surface area contributed by atoms with E-state index in [0.717, 1.165) is 27.9 Å². The van der Waals surface area contributed by atoms with Gasteiger partial charge in [0.05, 0.1) is 16.9 Å². The number of hydrogen-bond donors (Lipinski definition) is 1. The van der Waals surface area contributed by atoms with E-state index in [4.69, 9.17) is 11.6 Å². The minimum absolute atomic E-state index is 0.670.